The van der Waals surface area contributed by atoms with Gasteiger partial charge >= 0.3 is 5.69 Å². The largest absolute Gasteiger partial charge is 0.487 e. The maximum atomic E-state index is 11.0. The van der Waals surface area contributed by atoms with Gasteiger partial charge in [-0.1, -0.05) is 23.2 Å². The fourth-order valence-corrected chi connectivity index (χ4v) is 2.59. The van der Waals surface area contributed by atoms with E-state index in [0.29, 0.717) is 12.5 Å². The van der Waals surface area contributed by atoms with E-state index in [9.17, 15) is 10.1 Å². The van der Waals surface area contributed by atoms with Crippen LogP contribution in [0.1, 0.15) is 19.3 Å². The van der Waals surface area contributed by atoms with E-state index in [1.165, 1.54) is 12.1 Å². The first-order chi connectivity index (χ1) is 9.58. The number of hydrogen-bond acceptors (Lipinski definition) is 4. The van der Waals surface area contributed by atoms with Gasteiger partial charge < -0.3 is 10.1 Å². The minimum atomic E-state index is -0.512. The number of nitro groups is 1. The molecule has 1 fully saturated rings. The van der Waals surface area contributed by atoms with Crippen molar-refractivity contribution in [1.82, 2.24) is 5.32 Å². The summed E-state index contributed by atoms with van der Waals surface area (Å²) in [7, 11) is 0. The number of halogens is 2. The van der Waals surface area contributed by atoms with Crippen LogP contribution in [0.15, 0.2) is 12.1 Å². The van der Waals surface area contributed by atoms with Crippen molar-refractivity contribution >= 4 is 28.9 Å². The lowest BCUT2D eigenvalue weighted by Gasteiger charge is -2.22. The SMILES string of the molecule is O=[N+]([O-])c1cc(Cl)c(Cl)cc1OCCC1CCNCC1. The van der Waals surface area contributed by atoms with Crippen molar-refractivity contribution in [2.45, 2.75) is 19.3 Å². The molecule has 1 heterocycles. The zero-order chi connectivity index (χ0) is 14.5. The highest BCUT2D eigenvalue weighted by Gasteiger charge is 2.19. The van der Waals surface area contributed by atoms with Crippen molar-refractivity contribution in [2.24, 2.45) is 5.92 Å². The molecule has 0 aromatic heterocycles. The highest BCUT2D eigenvalue weighted by molar-refractivity contribution is 6.42. The van der Waals surface area contributed by atoms with Gasteiger partial charge in [0, 0.05) is 12.1 Å². The van der Waals surface area contributed by atoms with Gasteiger partial charge in [0.15, 0.2) is 5.75 Å². The summed E-state index contributed by atoms with van der Waals surface area (Å²) in [6.45, 7) is 2.50. The summed E-state index contributed by atoms with van der Waals surface area (Å²) in [5, 5.41) is 14.7. The van der Waals surface area contributed by atoms with Crippen LogP contribution in [-0.4, -0.2) is 24.6 Å². The molecule has 1 aromatic carbocycles. The van der Waals surface area contributed by atoms with Gasteiger partial charge in [0.05, 0.1) is 21.6 Å². The van der Waals surface area contributed by atoms with Crippen LogP contribution in [0.5, 0.6) is 5.75 Å². The Hall–Kier alpha value is -1.04. The van der Waals surface area contributed by atoms with Crippen molar-refractivity contribution in [1.29, 1.82) is 0 Å². The predicted octanol–water partition coefficient (Wildman–Crippen LogP) is 3.67. The van der Waals surface area contributed by atoms with Gasteiger partial charge in [0.2, 0.25) is 0 Å². The van der Waals surface area contributed by atoms with Gasteiger partial charge in [-0.3, -0.25) is 10.1 Å². The normalized spacial score (nSPS) is 16.1. The molecule has 0 atom stereocenters. The van der Waals surface area contributed by atoms with E-state index in [2.05, 4.69) is 5.32 Å². The van der Waals surface area contributed by atoms with Gasteiger partial charge in [-0.05, 0) is 38.3 Å². The summed E-state index contributed by atoms with van der Waals surface area (Å²) in [6.07, 6.45) is 3.12. The molecule has 0 unspecified atom stereocenters. The summed E-state index contributed by atoms with van der Waals surface area (Å²) in [5.41, 5.74) is -0.148. The smallest absolute Gasteiger partial charge is 0.312 e. The average Bonchev–Trinajstić information content (AvgIpc) is 2.43. The Morgan fingerprint density at radius 2 is 1.95 bits per heavy atom. The zero-order valence-electron chi connectivity index (χ0n) is 10.9. The topological polar surface area (TPSA) is 64.4 Å². The third kappa shape index (κ3) is 3.98. The Balaban J connectivity index is 1.97. The van der Waals surface area contributed by atoms with Gasteiger partial charge in [-0.25, -0.2) is 0 Å². The van der Waals surface area contributed by atoms with E-state index in [-0.39, 0.29) is 21.5 Å². The maximum absolute atomic E-state index is 11.0. The molecular weight excluding hydrogens is 303 g/mol. The standard InChI is InChI=1S/C13H16Cl2N2O3/c14-10-7-12(17(18)19)13(8-11(10)15)20-6-3-9-1-4-16-5-2-9/h7-9,16H,1-6H2. The first-order valence-electron chi connectivity index (χ1n) is 6.55. The summed E-state index contributed by atoms with van der Waals surface area (Å²) in [4.78, 5) is 10.5. The maximum Gasteiger partial charge on any atom is 0.312 e. The second kappa shape index (κ2) is 7.11. The van der Waals surface area contributed by atoms with Crippen molar-refractivity contribution in [3.8, 4) is 5.75 Å². The summed E-state index contributed by atoms with van der Waals surface area (Å²) in [5.74, 6) is 0.788. The third-order valence-corrected chi connectivity index (χ3v) is 4.16. The summed E-state index contributed by atoms with van der Waals surface area (Å²) < 4.78 is 5.53. The second-order valence-electron chi connectivity index (χ2n) is 4.82. The summed E-state index contributed by atoms with van der Waals surface area (Å²) >= 11 is 11.7. The first-order valence-corrected chi connectivity index (χ1v) is 7.30. The van der Waals surface area contributed by atoms with Crippen molar-refractivity contribution < 1.29 is 9.66 Å². The van der Waals surface area contributed by atoms with Crippen molar-refractivity contribution in [3.05, 3.63) is 32.3 Å². The molecule has 1 aromatic rings. The van der Waals surface area contributed by atoms with Gasteiger partial charge in [-0.15, -0.1) is 0 Å². The molecule has 20 heavy (non-hydrogen) atoms. The molecule has 7 heteroatoms. The Labute approximate surface area is 127 Å². The quantitative estimate of drug-likeness (QED) is 0.664. The molecule has 0 saturated carbocycles. The molecule has 1 aliphatic rings. The molecule has 0 bridgehead atoms. The lowest BCUT2D eigenvalue weighted by atomic mass is 9.95. The molecule has 1 N–H and O–H groups in total. The minimum absolute atomic E-state index is 0.148. The van der Waals surface area contributed by atoms with E-state index in [1.807, 2.05) is 0 Å². The Morgan fingerprint density at radius 1 is 1.30 bits per heavy atom. The van der Waals surface area contributed by atoms with Crippen LogP contribution in [0, 0.1) is 16.0 Å². The number of nitrogens with one attached hydrogen (secondary N) is 1. The number of rotatable bonds is 5. The van der Waals surface area contributed by atoms with Crippen molar-refractivity contribution in [2.75, 3.05) is 19.7 Å². The number of nitrogens with zero attached hydrogens (tertiary/aromatic N) is 1. The minimum Gasteiger partial charge on any atom is -0.487 e. The van der Waals surface area contributed by atoms with E-state index in [0.717, 1.165) is 32.4 Å². The fraction of sp³-hybridized carbons (Fsp3) is 0.538. The number of ether oxygens (including phenoxy) is 1. The molecule has 1 saturated heterocycles. The fourth-order valence-electron chi connectivity index (χ4n) is 2.28. The Bertz CT molecular complexity index is 491. The molecule has 0 aliphatic carbocycles. The van der Waals surface area contributed by atoms with Gasteiger partial charge in [0.1, 0.15) is 0 Å². The lowest BCUT2D eigenvalue weighted by molar-refractivity contribution is -0.385. The third-order valence-electron chi connectivity index (χ3n) is 3.44. The van der Waals surface area contributed by atoms with Crippen molar-refractivity contribution in [3.63, 3.8) is 0 Å². The van der Waals surface area contributed by atoms with Crippen LogP contribution in [0.4, 0.5) is 5.69 Å². The highest BCUT2D eigenvalue weighted by Crippen LogP contribution is 2.35. The number of nitro benzene ring substituents is 1. The second-order valence-corrected chi connectivity index (χ2v) is 5.64. The molecule has 1 aliphatic heterocycles. The van der Waals surface area contributed by atoms with E-state index < -0.39 is 4.92 Å². The first kappa shape index (κ1) is 15.4. The number of benzene rings is 1. The van der Waals surface area contributed by atoms with E-state index in [4.69, 9.17) is 27.9 Å². The Kier molecular flexibility index (Phi) is 5.46. The van der Waals surface area contributed by atoms with Crippen LogP contribution in [-0.2, 0) is 0 Å². The monoisotopic (exact) mass is 318 g/mol. The van der Waals surface area contributed by atoms with E-state index >= 15 is 0 Å². The molecule has 110 valence electrons. The lowest BCUT2D eigenvalue weighted by Crippen LogP contribution is -2.28. The molecule has 0 spiro atoms. The predicted molar refractivity (Wildman–Crippen MR) is 78.8 cm³/mol. The number of hydrogen-bond donors (Lipinski definition) is 1. The van der Waals surface area contributed by atoms with Crippen LogP contribution in [0.25, 0.3) is 0 Å². The van der Waals surface area contributed by atoms with Crippen LogP contribution in [0.2, 0.25) is 10.0 Å². The van der Waals surface area contributed by atoms with Crippen LogP contribution < -0.4 is 10.1 Å². The Morgan fingerprint density at radius 3 is 2.60 bits per heavy atom. The highest BCUT2D eigenvalue weighted by atomic mass is 35.5. The molecule has 0 radical (unpaired) electrons. The molecule has 5 nitrogen and oxygen atoms in total. The zero-order valence-corrected chi connectivity index (χ0v) is 12.4. The van der Waals surface area contributed by atoms with Crippen LogP contribution in [0.3, 0.4) is 0 Å². The van der Waals surface area contributed by atoms with Gasteiger partial charge in [0.25, 0.3) is 0 Å². The average molecular weight is 319 g/mol. The molecule has 0 amide bonds. The van der Waals surface area contributed by atoms with E-state index in [1.54, 1.807) is 0 Å². The summed E-state index contributed by atoms with van der Waals surface area (Å²) in [6, 6.07) is 2.63. The van der Waals surface area contributed by atoms with Crippen LogP contribution >= 0.6 is 23.2 Å². The molecule has 2 rings (SSSR count). The van der Waals surface area contributed by atoms with Gasteiger partial charge in [-0.2, -0.15) is 0 Å². The number of piperidine rings is 1. The molecular formula is C13H16Cl2N2O3.